The van der Waals surface area contributed by atoms with Crippen molar-refractivity contribution in [3.63, 3.8) is 0 Å². The van der Waals surface area contributed by atoms with Gasteiger partial charge in [0.1, 0.15) is 0 Å². The molecule has 0 saturated heterocycles. The zero-order valence-corrected chi connectivity index (χ0v) is 15.8. The molecule has 1 rings (SSSR count). The summed E-state index contributed by atoms with van der Waals surface area (Å²) in [5, 5.41) is 2.98. The predicted octanol–water partition coefficient (Wildman–Crippen LogP) is 5.27. The van der Waals surface area contributed by atoms with Crippen LogP contribution < -0.4 is 14.8 Å². The molecule has 1 unspecified atom stereocenters. The van der Waals surface area contributed by atoms with E-state index in [1.165, 1.54) is 0 Å². The van der Waals surface area contributed by atoms with Crippen LogP contribution in [0.2, 0.25) is 5.02 Å². The lowest BCUT2D eigenvalue weighted by molar-refractivity contribution is 0.132. The Morgan fingerprint density at radius 3 is 2.56 bits per heavy atom. The molecule has 0 saturated carbocycles. The summed E-state index contributed by atoms with van der Waals surface area (Å²) in [7, 11) is 0. The molecule has 1 N–H and O–H groups in total. The zero-order valence-electron chi connectivity index (χ0n) is 15.1. The fourth-order valence-electron chi connectivity index (χ4n) is 2.22. The van der Waals surface area contributed by atoms with Crippen LogP contribution in [0.3, 0.4) is 0 Å². The molecule has 0 radical (unpaired) electrons. The number of nitrogens with one attached hydrogen (secondary N) is 1. The number of hydrogen-bond acceptors (Lipinski definition) is 4. The SMILES string of the molecule is C#CC(CCCCC)OC(=O)Nc1cc(Cl)c(OCC)c(OCC)c1. The highest BCUT2D eigenvalue weighted by atomic mass is 35.5. The number of carbonyl (C=O) groups excluding carboxylic acids is 1. The number of hydrogen-bond donors (Lipinski definition) is 1. The predicted molar refractivity (Wildman–Crippen MR) is 101 cm³/mol. The first kappa shape index (κ1) is 21.0. The smallest absolute Gasteiger partial charge is 0.412 e. The van der Waals surface area contributed by atoms with Gasteiger partial charge in [0, 0.05) is 11.8 Å². The molecule has 1 atom stereocenters. The van der Waals surface area contributed by atoms with Gasteiger partial charge in [-0.05, 0) is 32.8 Å². The molecule has 5 nitrogen and oxygen atoms in total. The van der Waals surface area contributed by atoms with Gasteiger partial charge in [-0.25, -0.2) is 4.79 Å². The molecule has 0 heterocycles. The van der Waals surface area contributed by atoms with Gasteiger partial charge >= 0.3 is 6.09 Å². The Morgan fingerprint density at radius 2 is 1.96 bits per heavy atom. The van der Waals surface area contributed by atoms with Crippen LogP contribution in [0.4, 0.5) is 10.5 Å². The Bertz CT molecular complexity index is 598. The van der Waals surface area contributed by atoms with Gasteiger partial charge in [-0.15, -0.1) is 6.42 Å². The lowest BCUT2D eigenvalue weighted by Gasteiger charge is -2.16. The second kappa shape index (κ2) is 11.5. The minimum absolute atomic E-state index is 0.347. The van der Waals surface area contributed by atoms with Crippen LogP contribution in [0.25, 0.3) is 0 Å². The lowest BCUT2D eigenvalue weighted by atomic mass is 10.1. The average molecular weight is 368 g/mol. The number of rotatable bonds is 10. The first-order valence-electron chi connectivity index (χ1n) is 8.58. The van der Waals surface area contributed by atoms with Gasteiger partial charge in [-0.3, -0.25) is 5.32 Å². The first-order valence-corrected chi connectivity index (χ1v) is 8.96. The second-order valence-corrected chi connectivity index (χ2v) is 5.74. The van der Waals surface area contributed by atoms with E-state index >= 15 is 0 Å². The number of amides is 1. The third-order valence-electron chi connectivity index (χ3n) is 3.35. The molecule has 0 fully saturated rings. The number of ether oxygens (including phenoxy) is 3. The van der Waals surface area contributed by atoms with Crippen LogP contribution in [0.5, 0.6) is 11.5 Å². The molecule has 0 spiro atoms. The summed E-state index contributed by atoms with van der Waals surface area (Å²) in [6.45, 7) is 6.71. The van der Waals surface area contributed by atoms with Crippen molar-refractivity contribution in [3.8, 4) is 23.8 Å². The molecule has 0 aromatic heterocycles. The van der Waals surface area contributed by atoms with E-state index in [0.717, 1.165) is 19.3 Å². The number of terminal acetylenes is 1. The minimum Gasteiger partial charge on any atom is -0.490 e. The van der Waals surface area contributed by atoms with E-state index in [4.69, 9.17) is 32.2 Å². The van der Waals surface area contributed by atoms with Gasteiger partial charge in [0.05, 0.1) is 18.2 Å². The van der Waals surface area contributed by atoms with Crippen LogP contribution in [-0.4, -0.2) is 25.4 Å². The summed E-state index contributed by atoms with van der Waals surface area (Å²) in [6, 6.07) is 3.22. The molecule has 138 valence electrons. The summed E-state index contributed by atoms with van der Waals surface area (Å²) >= 11 is 6.22. The molecule has 0 aliphatic rings. The van der Waals surface area contributed by atoms with E-state index in [2.05, 4.69) is 18.2 Å². The first-order chi connectivity index (χ1) is 12.0. The Balaban J connectivity index is 2.77. The standard InChI is InChI=1S/C19H26ClNO4/c1-5-9-10-11-15(6-2)25-19(22)21-14-12-16(20)18(24-8-4)17(13-14)23-7-3/h2,12-13,15H,5,7-11H2,1,3-4H3,(H,21,22). The number of carbonyl (C=O) groups is 1. The number of benzene rings is 1. The third-order valence-corrected chi connectivity index (χ3v) is 3.63. The highest BCUT2D eigenvalue weighted by molar-refractivity contribution is 6.32. The van der Waals surface area contributed by atoms with Crippen molar-refractivity contribution in [3.05, 3.63) is 17.2 Å². The highest BCUT2D eigenvalue weighted by Gasteiger charge is 2.16. The summed E-state index contributed by atoms with van der Waals surface area (Å²) in [5.41, 5.74) is 0.450. The largest absolute Gasteiger partial charge is 0.490 e. The fraction of sp³-hybridized carbons (Fsp3) is 0.526. The zero-order chi connectivity index (χ0) is 18.7. The van der Waals surface area contributed by atoms with Gasteiger partial charge in [-0.1, -0.05) is 37.3 Å². The topological polar surface area (TPSA) is 56.8 Å². The second-order valence-electron chi connectivity index (χ2n) is 5.33. The van der Waals surface area contributed by atoms with Gasteiger partial charge in [-0.2, -0.15) is 0 Å². The van der Waals surface area contributed by atoms with Crippen molar-refractivity contribution in [1.82, 2.24) is 0 Å². The number of unbranched alkanes of at least 4 members (excludes halogenated alkanes) is 2. The van der Waals surface area contributed by atoms with Crippen LogP contribution in [0.1, 0.15) is 46.5 Å². The molecule has 1 amide bonds. The maximum atomic E-state index is 12.1. The van der Waals surface area contributed by atoms with E-state index < -0.39 is 12.2 Å². The van der Waals surface area contributed by atoms with Gasteiger partial charge in [0.25, 0.3) is 0 Å². The minimum atomic E-state index is -0.623. The van der Waals surface area contributed by atoms with Crippen LogP contribution >= 0.6 is 11.6 Å². The Labute approximate surface area is 155 Å². The summed E-state index contributed by atoms with van der Waals surface area (Å²) in [4.78, 5) is 12.1. The highest BCUT2D eigenvalue weighted by Crippen LogP contribution is 2.38. The van der Waals surface area contributed by atoms with Gasteiger partial charge in [0.15, 0.2) is 17.6 Å². The molecular formula is C19H26ClNO4. The summed E-state index contributed by atoms with van der Waals surface area (Å²) in [6.07, 6.45) is 7.95. The Morgan fingerprint density at radius 1 is 1.24 bits per heavy atom. The molecule has 0 aliphatic heterocycles. The molecular weight excluding hydrogens is 342 g/mol. The van der Waals surface area contributed by atoms with E-state index in [1.807, 2.05) is 13.8 Å². The van der Waals surface area contributed by atoms with Gasteiger partial charge < -0.3 is 14.2 Å². The van der Waals surface area contributed by atoms with Crippen molar-refractivity contribution >= 4 is 23.4 Å². The monoisotopic (exact) mass is 367 g/mol. The Kier molecular flexibility index (Phi) is 9.64. The maximum Gasteiger partial charge on any atom is 0.412 e. The van der Waals surface area contributed by atoms with E-state index in [1.54, 1.807) is 12.1 Å². The molecule has 1 aromatic carbocycles. The quantitative estimate of drug-likeness (QED) is 0.452. The summed E-state index contributed by atoms with van der Waals surface area (Å²) < 4.78 is 16.3. The van der Waals surface area contributed by atoms with Crippen LogP contribution in [0.15, 0.2) is 12.1 Å². The fourth-order valence-corrected chi connectivity index (χ4v) is 2.49. The van der Waals surface area contributed by atoms with Crippen LogP contribution in [0, 0.1) is 12.3 Å². The van der Waals surface area contributed by atoms with Gasteiger partial charge in [0.2, 0.25) is 0 Å². The average Bonchev–Trinajstić information content (AvgIpc) is 2.57. The van der Waals surface area contributed by atoms with E-state index in [0.29, 0.717) is 41.8 Å². The lowest BCUT2D eigenvalue weighted by Crippen LogP contribution is -2.21. The molecule has 25 heavy (non-hydrogen) atoms. The van der Waals surface area contributed by atoms with Crippen LogP contribution in [-0.2, 0) is 4.74 Å². The molecule has 6 heteroatoms. The maximum absolute atomic E-state index is 12.1. The molecule has 0 bridgehead atoms. The van der Waals surface area contributed by atoms with Crippen molar-refractivity contribution in [2.45, 2.75) is 52.6 Å². The van der Waals surface area contributed by atoms with E-state index in [-0.39, 0.29) is 0 Å². The molecule has 0 aliphatic carbocycles. The van der Waals surface area contributed by atoms with Crippen molar-refractivity contribution in [1.29, 1.82) is 0 Å². The van der Waals surface area contributed by atoms with Crippen molar-refractivity contribution in [2.75, 3.05) is 18.5 Å². The van der Waals surface area contributed by atoms with Crippen molar-refractivity contribution in [2.24, 2.45) is 0 Å². The third kappa shape index (κ3) is 7.15. The summed E-state index contributed by atoms with van der Waals surface area (Å²) in [5.74, 6) is 3.40. The number of anilines is 1. The Hall–Kier alpha value is -2.06. The normalized spacial score (nSPS) is 11.3. The van der Waals surface area contributed by atoms with E-state index in [9.17, 15) is 4.79 Å². The van der Waals surface area contributed by atoms with Crippen molar-refractivity contribution < 1.29 is 19.0 Å². The number of halogens is 1. The molecule has 1 aromatic rings.